The molecule has 0 amide bonds. The van der Waals surface area contributed by atoms with Gasteiger partial charge in [0, 0.05) is 30.4 Å². The molecule has 4 rings (SSSR count). The first-order valence-corrected chi connectivity index (χ1v) is 8.51. The van der Waals surface area contributed by atoms with E-state index in [1.165, 1.54) is 29.7 Å². The first kappa shape index (κ1) is 14.6. The van der Waals surface area contributed by atoms with Crippen LogP contribution < -0.4 is 14.8 Å². The van der Waals surface area contributed by atoms with Crippen molar-refractivity contribution in [1.82, 2.24) is 15.1 Å². The molecule has 23 heavy (non-hydrogen) atoms. The maximum atomic E-state index is 5.66. The summed E-state index contributed by atoms with van der Waals surface area (Å²) in [6.07, 6.45) is 5.58. The van der Waals surface area contributed by atoms with Crippen molar-refractivity contribution in [1.29, 1.82) is 0 Å². The zero-order valence-corrected chi connectivity index (χ0v) is 13.5. The molecule has 1 aliphatic heterocycles. The van der Waals surface area contributed by atoms with Crippen LogP contribution in [0.25, 0.3) is 0 Å². The number of aromatic nitrogens is 2. The van der Waals surface area contributed by atoms with Gasteiger partial charge in [-0.1, -0.05) is 6.07 Å². The Hall–Kier alpha value is -2.01. The van der Waals surface area contributed by atoms with Gasteiger partial charge in [-0.25, -0.2) is 0 Å². The molecule has 1 aliphatic carbocycles. The molecule has 0 fully saturated rings. The lowest BCUT2D eigenvalue weighted by Crippen LogP contribution is -2.25. The van der Waals surface area contributed by atoms with Crippen LogP contribution in [0.15, 0.2) is 24.4 Å². The summed E-state index contributed by atoms with van der Waals surface area (Å²) < 4.78 is 13.4. The monoisotopic (exact) mass is 313 g/mol. The summed E-state index contributed by atoms with van der Waals surface area (Å²) >= 11 is 0. The van der Waals surface area contributed by atoms with E-state index < -0.39 is 0 Å². The first-order chi connectivity index (χ1) is 11.3. The van der Waals surface area contributed by atoms with Gasteiger partial charge in [-0.05, 0) is 43.9 Å². The summed E-state index contributed by atoms with van der Waals surface area (Å²) in [5, 5.41) is 8.21. The van der Waals surface area contributed by atoms with Crippen LogP contribution in [0, 0.1) is 0 Å². The number of aryl methyl sites for hydroxylation is 1. The smallest absolute Gasteiger partial charge is 0.161 e. The van der Waals surface area contributed by atoms with Crippen LogP contribution in [0.5, 0.6) is 11.5 Å². The Labute approximate surface area is 136 Å². The minimum Gasteiger partial charge on any atom is -0.486 e. The second kappa shape index (κ2) is 6.24. The van der Waals surface area contributed by atoms with Gasteiger partial charge < -0.3 is 14.8 Å². The van der Waals surface area contributed by atoms with Gasteiger partial charge in [-0.3, -0.25) is 4.68 Å². The third kappa shape index (κ3) is 2.81. The number of ether oxygens (including phenoxy) is 2. The quantitative estimate of drug-likeness (QED) is 0.943. The molecule has 2 aliphatic rings. The average molecular weight is 313 g/mol. The maximum Gasteiger partial charge on any atom is 0.161 e. The maximum absolute atomic E-state index is 5.66. The van der Waals surface area contributed by atoms with Gasteiger partial charge in [-0.2, -0.15) is 5.10 Å². The molecular formula is C18H23N3O2. The van der Waals surface area contributed by atoms with E-state index in [1.807, 2.05) is 12.3 Å². The Morgan fingerprint density at radius 3 is 3.00 bits per heavy atom. The van der Waals surface area contributed by atoms with E-state index in [9.17, 15) is 0 Å². The van der Waals surface area contributed by atoms with Crippen molar-refractivity contribution >= 4 is 0 Å². The molecule has 5 heteroatoms. The van der Waals surface area contributed by atoms with Gasteiger partial charge in [0.1, 0.15) is 13.2 Å². The molecule has 0 radical (unpaired) electrons. The fourth-order valence-corrected chi connectivity index (χ4v) is 3.54. The molecular weight excluding hydrogens is 290 g/mol. The highest BCUT2D eigenvalue weighted by molar-refractivity contribution is 5.43. The summed E-state index contributed by atoms with van der Waals surface area (Å²) in [4.78, 5) is 0. The summed E-state index contributed by atoms with van der Waals surface area (Å²) in [6.45, 7) is 5.20. The van der Waals surface area contributed by atoms with E-state index in [0.29, 0.717) is 19.3 Å². The Kier molecular flexibility index (Phi) is 3.95. The third-order valence-corrected chi connectivity index (χ3v) is 4.72. The van der Waals surface area contributed by atoms with Gasteiger partial charge >= 0.3 is 0 Å². The lowest BCUT2D eigenvalue weighted by atomic mass is 9.93. The molecule has 0 spiro atoms. The summed E-state index contributed by atoms with van der Waals surface area (Å²) in [7, 11) is 0. The largest absolute Gasteiger partial charge is 0.486 e. The predicted octanol–water partition coefficient (Wildman–Crippen LogP) is 2.84. The number of hydrogen-bond acceptors (Lipinski definition) is 4. The second-order valence-corrected chi connectivity index (χ2v) is 6.17. The summed E-state index contributed by atoms with van der Waals surface area (Å²) in [5.41, 5.74) is 4.00. The number of benzene rings is 1. The fourth-order valence-electron chi connectivity index (χ4n) is 3.54. The van der Waals surface area contributed by atoms with Crippen molar-refractivity contribution in [3.63, 3.8) is 0 Å². The highest BCUT2D eigenvalue weighted by Gasteiger charge is 2.23. The normalized spacial score (nSPS) is 19.4. The topological polar surface area (TPSA) is 48.3 Å². The SMILES string of the molecule is CCn1ncc2c1CCC[C@H]2NCc1ccc2c(c1)OCCO2. The van der Waals surface area contributed by atoms with E-state index in [4.69, 9.17) is 9.47 Å². The van der Waals surface area contributed by atoms with E-state index in [1.54, 1.807) is 0 Å². The van der Waals surface area contributed by atoms with Crippen LogP contribution in [0.4, 0.5) is 0 Å². The van der Waals surface area contributed by atoms with Gasteiger partial charge in [0.05, 0.1) is 6.20 Å². The summed E-state index contributed by atoms with van der Waals surface area (Å²) in [6, 6.07) is 6.60. The molecule has 1 atom stereocenters. The van der Waals surface area contributed by atoms with Crippen molar-refractivity contribution in [2.75, 3.05) is 13.2 Å². The average Bonchev–Trinajstić information content (AvgIpc) is 3.03. The molecule has 2 aromatic rings. The lowest BCUT2D eigenvalue weighted by Gasteiger charge is -2.25. The number of nitrogens with zero attached hydrogens (tertiary/aromatic N) is 2. The first-order valence-electron chi connectivity index (χ1n) is 8.51. The van der Waals surface area contributed by atoms with Crippen LogP contribution >= 0.6 is 0 Å². The molecule has 0 bridgehead atoms. The van der Waals surface area contributed by atoms with Crippen LogP contribution in [-0.2, 0) is 19.5 Å². The Bertz CT molecular complexity index is 696. The molecule has 0 saturated carbocycles. The lowest BCUT2D eigenvalue weighted by molar-refractivity contribution is 0.171. The van der Waals surface area contributed by atoms with E-state index in [2.05, 4.69) is 34.2 Å². The fraction of sp³-hybridized carbons (Fsp3) is 0.500. The molecule has 5 nitrogen and oxygen atoms in total. The van der Waals surface area contributed by atoms with E-state index in [-0.39, 0.29) is 0 Å². The van der Waals surface area contributed by atoms with Crippen molar-refractivity contribution in [2.45, 2.75) is 45.3 Å². The van der Waals surface area contributed by atoms with Gasteiger partial charge in [0.25, 0.3) is 0 Å². The minimum atomic E-state index is 0.396. The third-order valence-electron chi connectivity index (χ3n) is 4.72. The number of rotatable bonds is 4. The summed E-state index contributed by atoms with van der Waals surface area (Å²) in [5.74, 6) is 1.71. The highest BCUT2D eigenvalue weighted by atomic mass is 16.6. The second-order valence-electron chi connectivity index (χ2n) is 6.17. The zero-order valence-electron chi connectivity index (χ0n) is 13.5. The molecule has 122 valence electrons. The predicted molar refractivity (Wildman–Crippen MR) is 87.9 cm³/mol. The Morgan fingerprint density at radius 2 is 2.13 bits per heavy atom. The highest BCUT2D eigenvalue weighted by Crippen LogP contribution is 2.32. The Balaban J connectivity index is 1.47. The van der Waals surface area contributed by atoms with E-state index in [0.717, 1.165) is 31.0 Å². The Morgan fingerprint density at radius 1 is 1.26 bits per heavy atom. The van der Waals surface area contributed by atoms with Gasteiger partial charge in [0.15, 0.2) is 11.5 Å². The van der Waals surface area contributed by atoms with Crippen molar-refractivity contribution in [2.24, 2.45) is 0 Å². The number of fused-ring (bicyclic) bond motifs is 2. The molecule has 2 heterocycles. The molecule has 1 aromatic heterocycles. The molecule has 1 N–H and O–H groups in total. The van der Waals surface area contributed by atoms with Crippen LogP contribution in [0.2, 0.25) is 0 Å². The van der Waals surface area contributed by atoms with Crippen LogP contribution in [-0.4, -0.2) is 23.0 Å². The number of hydrogen-bond donors (Lipinski definition) is 1. The van der Waals surface area contributed by atoms with Crippen molar-refractivity contribution in [3.05, 3.63) is 41.2 Å². The molecule has 0 unspecified atom stereocenters. The standard InChI is InChI=1S/C18H23N3O2/c1-2-21-16-5-3-4-15(14(16)12-20-21)19-11-13-6-7-17-18(10-13)23-9-8-22-17/h6-7,10,12,15,19H,2-5,8-9,11H2,1H3/t15-/m1/s1. The molecule has 1 aromatic carbocycles. The van der Waals surface area contributed by atoms with Gasteiger partial charge in [-0.15, -0.1) is 0 Å². The van der Waals surface area contributed by atoms with Crippen LogP contribution in [0.3, 0.4) is 0 Å². The van der Waals surface area contributed by atoms with Crippen molar-refractivity contribution < 1.29 is 9.47 Å². The van der Waals surface area contributed by atoms with Crippen LogP contribution in [0.1, 0.15) is 42.6 Å². The van der Waals surface area contributed by atoms with Gasteiger partial charge in [0.2, 0.25) is 0 Å². The van der Waals surface area contributed by atoms with Crippen molar-refractivity contribution in [3.8, 4) is 11.5 Å². The minimum absolute atomic E-state index is 0.396. The van der Waals surface area contributed by atoms with E-state index >= 15 is 0 Å². The number of nitrogens with one attached hydrogen (secondary N) is 1. The zero-order chi connectivity index (χ0) is 15.6. The molecule has 0 saturated heterocycles.